The number of aromatic amines is 1. The second kappa shape index (κ2) is 7.51. The van der Waals surface area contributed by atoms with Crippen molar-refractivity contribution in [3.8, 4) is 0 Å². The van der Waals surface area contributed by atoms with Crippen LogP contribution < -0.4 is 5.32 Å². The molecule has 0 fully saturated rings. The van der Waals surface area contributed by atoms with Gasteiger partial charge in [-0.3, -0.25) is 15.2 Å². The van der Waals surface area contributed by atoms with E-state index in [2.05, 4.69) is 15.5 Å². The highest BCUT2D eigenvalue weighted by Crippen LogP contribution is 2.27. The van der Waals surface area contributed by atoms with Crippen LogP contribution in [0.25, 0.3) is 0 Å². The van der Waals surface area contributed by atoms with E-state index in [9.17, 15) is 9.59 Å². The molecule has 0 aliphatic carbocycles. The van der Waals surface area contributed by atoms with Gasteiger partial charge in [0.05, 0.1) is 17.1 Å². The number of carboxylic acids is 1. The summed E-state index contributed by atoms with van der Waals surface area (Å²) in [4.78, 5) is 22.4. The number of benzene rings is 1. The van der Waals surface area contributed by atoms with E-state index < -0.39 is 12.1 Å². The standard InChI is InChI=1S/C14H15N3O4S/c1-9-12(13(17-16-9)22-8-11(18)19)15-14(20)21-7-10-5-3-2-4-6-10/h2-6H,7-8H2,1H3,(H,15,20)(H,16,17)(H,18,19). The van der Waals surface area contributed by atoms with Gasteiger partial charge in [-0.2, -0.15) is 5.10 Å². The predicted octanol–water partition coefficient (Wildman–Crippen LogP) is 2.64. The van der Waals surface area contributed by atoms with E-state index >= 15 is 0 Å². The first-order chi connectivity index (χ1) is 10.6. The highest BCUT2D eigenvalue weighted by Gasteiger charge is 2.15. The van der Waals surface area contributed by atoms with Gasteiger partial charge in [-0.25, -0.2) is 4.79 Å². The molecule has 0 atom stereocenters. The molecular formula is C14H15N3O4S. The zero-order chi connectivity index (χ0) is 15.9. The molecule has 1 aromatic carbocycles. The number of nitrogens with zero attached hydrogens (tertiary/aromatic N) is 1. The van der Waals surface area contributed by atoms with Crippen LogP contribution >= 0.6 is 11.8 Å². The van der Waals surface area contributed by atoms with E-state index in [1.807, 2.05) is 30.3 Å². The zero-order valence-corrected chi connectivity index (χ0v) is 12.6. The summed E-state index contributed by atoms with van der Waals surface area (Å²) < 4.78 is 5.12. The number of aromatic nitrogens is 2. The van der Waals surface area contributed by atoms with Crippen molar-refractivity contribution in [2.45, 2.75) is 18.6 Å². The molecule has 0 radical (unpaired) electrons. The predicted molar refractivity (Wildman–Crippen MR) is 81.9 cm³/mol. The number of carbonyl (C=O) groups excluding carboxylic acids is 1. The molecule has 0 saturated carbocycles. The molecule has 3 N–H and O–H groups in total. The van der Waals surface area contributed by atoms with E-state index in [1.54, 1.807) is 6.92 Å². The van der Waals surface area contributed by atoms with Crippen LogP contribution in [-0.4, -0.2) is 33.1 Å². The van der Waals surface area contributed by atoms with Gasteiger partial charge in [-0.05, 0) is 12.5 Å². The quantitative estimate of drug-likeness (QED) is 0.707. The summed E-state index contributed by atoms with van der Waals surface area (Å²) in [6.07, 6.45) is -0.620. The number of hydrogen-bond acceptors (Lipinski definition) is 5. The van der Waals surface area contributed by atoms with Crippen molar-refractivity contribution in [3.63, 3.8) is 0 Å². The monoisotopic (exact) mass is 321 g/mol. The molecular weight excluding hydrogens is 306 g/mol. The first-order valence-electron chi connectivity index (χ1n) is 6.43. The molecule has 0 bridgehead atoms. The van der Waals surface area contributed by atoms with Crippen LogP contribution in [0.5, 0.6) is 0 Å². The van der Waals surface area contributed by atoms with Crippen LogP contribution in [0, 0.1) is 6.92 Å². The molecule has 0 aliphatic rings. The number of nitrogens with one attached hydrogen (secondary N) is 2. The maximum atomic E-state index is 11.8. The minimum atomic E-state index is -0.955. The summed E-state index contributed by atoms with van der Waals surface area (Å²) in [5, 5.41) is 18.4. The second-order valence-electron chi connectivity index (χ2n) is 4.40. The first-order valence-corrected chi connectivity index (χ1v) is 7.42. The lowest BCUT2D eigenvalue weighted by molar-refractivity contribution is -0.133. The fourth-order valence-electron chi connectivity index (χ4n) is 1.65. The van der Waals surface area contributed by atoms with Crippen LogP contribution in [0.1, 0.15) is 11.3 Å². The summed E-state index contributed by atoms with van der Waals surface area (Å²) >= 11 is 1.02. The summed E-state index contributed by atoms with van der Waals surface area (Å²) in [5.74, 6) is -1.10. The van der Waals surface area contributed by atoms with Crippen molar-refractivity contribution < 1.29 is 19.4 Å². The summed E-state index contributed by atoms with van der Waals surface area (Å²) in [6, 6.07) is 9.30. The third-order valence-corrected chi connectivity index (χ3v) is 3.65. The Morgan fingerprint density at radius 1 is 1.36 bits per heavy atom. The smallest absolute Gasteiger partial charge is 0.412 e. The molecule has 8 heteroatoms. The van der Waals surface area contributed by atoms with Crippen molar-refractivity contribution in [1.29, 1.82) is 0 Å². The zero-order valence-electron chi connectivity index (χ0n) is 11.8. The Morgan fingerprint density at radius 3 is 2.77 bits per heavy atom. The number of anilines is 1. The average molecular weight is 321 g/mol. The van der Waals surface area contributed by atoms with Crippen LogP contribution in [0.3, 0.4) is 0 Å². The highest BCUT2D eigenvalue weighted by atomic mass is 32.2. The molecule has 0 spiro atoms. The van der Waals surface area contributed by atoms with Crippen LogP contribution in [0.2, 0.25) is 0 Å². The number of amides is 1. The van der Waals surface area contributed by atoms with Gasteiger partial charge in [0, 0.05) is 0 Å². The number of carbonyl (C=O) groups is 2. The molecule has 2 aromatic rings. The molecule has 7 nitrogen and oxygen atoms in total. The van der Waals surface area contributed by atoms with E-state index in [1.165, 1.54) is 0 Å². The highest BCUT2D eigenvalue weighted by molar-refractivity contribution is 8.00. The minimum Gasteiger partial charge on any atom is -0.481 e. The third kappa shape index (κ3) is 4.52. The van der Waals surface area contributed by atoms with Crippen LogP contribution in [0.15, 0.2) is 35.4 Å². The number of aryl methyl sites for hydroxylation is 1. The lowest BCUT2D eigenvalue weighted by atomic mass is 10.2. The van der Waals surface area contributed by atoms with Crippen molar-refractivity contribution in [2.75, 3.05) is 11.1 Å². The van der Waals surface area contributed by atoms with Crippen molar-refractivity contribution >= 4 is 29.5 Å². The van der Waals surface area contributed by atoms with Crippen molar-refractivity contribution in [1.82, 2.24) is 10.2 Å². The van der Waals surface area contributed by atoms with Crippen molar-refractivity contribution in [2.24, 2.45) is 0 Å². The van der Waals surface area contributed by atoms with Crippen molar-refractivity contribution in [3.05, 3.63) is 41.6 Å². The lowest BCUT2D eigenvalue weighted by Crippen LogP contribution is -2.14. The summed E-state index contributed by atoms with van der Waals surface area (Å²) in [7, 11) is 0. The third-order valence-electron chi connectivity index (χ3n) is 2.69. The topological polar surface area (TPSA) is 104 Å². The average Bonchev–Trinajstić information content (AvgIpc) is 2.85. The van der Waals surface area contributed by atoms with Crippen LogP contribution in [-0.2, 0) is 16.1 Å². The number of rotatable bonds is 6. The van der Waals surface area contributed by atoms with Gasteiger partial charge in [-0.1, -0.05) is 42.1 Å². The molecule has 0 saturated heterocycles. The number of thioether (sulfide) groups is 1. The van der Waals surface area contributed by atoms with Gasteiger partial charge >= 0.3 is 12.1 Å². The second-order valence-corrected chi connectivity index (χ2v) is 5.36. The normalized spacial score (nSPS) is 10.2. The SMILES string of the molecule is Cc1[nH]nc(SCC(=O)O)c1NC(=O)OCc1ccccc1. The van der Waals surface area contributed by atoms with Gasteiger partial charge in [0.2, 0.25) is 0 Å². The Balaban J connectivity index is 1.93. The number of aliphatic carboxylic acids is 1. The fourth-order valence-corrected chi connectivity index (χ4v) is 2.37. The minimum absolute atomic E-state index is 0.141. The van der Waals surface area contributed by atoms with Gasteiger partial charge in [0.1, 0.15) is 11.6 Å². The molecule has 116 valence electrons. The maximum absolute atomic E-state index is 11.8. The van der Waals surface area contributed by atoms with E-state index in [0.29, 0.717) is 16.4 Å². The summed E-state index contributed by atoms with van der Waals surface area (Å²) in [5.41, 5.74) is 1.94. The first kappa shape index (κ1) is 15.9. The Bertz CT molecular complexity index is 657. The molecule has 1 amide bonds. The molecule has 1 heterocycles. The number of hydrogen-bond donors (Lipinski definition) is 3. The molecule has 22 heavy (non-hydrogen) atoms. The number of H-pyrrole nitrogens is 1. The van der Waals surface area contributed by atoms with E-state index in [0.717, 1.165) is 17.3 Å². The van der Waals surface area contributed by atoms with Gasteiger partial charge in [0.25, 0.3) is 0 Å². The van der Waals surface area contributed by atoms with Crippen LogP contribution in [0.4, 0.5) is 10.5 Å². The molecule has 1 aromatic heterocycles. The summed E-state index contributed by atoms with van der Waals surface area (Å²) in [6.45, 7) is 1.88. The fraction of sp³-hybridized carbons (Fsp3) is 0.214. The largest absolute Gasteiger partial charge is 0.481 e. The molecule has 0 aliphatic heterocycles. The van der Waals surface area contributed by atoms with Gasteiger partial charge in [-0.15, -0.1) is 0 Å². The Morgan fingerprint density at radius 2 is 2.09 bits per heavy atom. The molecule has 2 rings (SSSR count). The molecule has 0 unspecified atom stereocenters. The maximum Gasteiger partial charge on any atom is 0.412 e. The Labute approximate surface area is 131 Å². The number of carboxylic acid groups (broad SMARTS) is 1. The lowest BCUT2D eigenvalue weighted by Gasteiger charge is -2.07. The van der Waals surface area contributed by atoms with E-state index in [4.69, 9.17) is 9.84 Å². The van der Waals surface area contributed by atoms with Gasteiger partial charge < -0.3 is 9.84 Å². The number of ether oxygens (including phenoxy) is 1. The van der Waals surface area contributed by atoms with Gasteiger partial charge in [0.15, 0.2) is 0 Å². The van der Waals surface area contributed by atoms with E-state index in [-0.39, 0.29) is 12.4 Å². The Kier molecular flexibility index (Phi) is 5.42. The Hall–Kier alpha value is -2.48.